The van der Waals surface area contributed by atoms with Crippen molar-refractivity contribution in [2.45, 2.75) is 72.3 Å². The molecule has 2 aromatic carbocycles. The molecule has 0 aliphatic carbocycles. The minimum Gasteiger partial charge on any atom is -0.494 e. The fourth-order valence-electron chi connectivity index (χ4n) is 6.11. The Morgan fingerprint density at radius 1 is 0.860 bits per heavy atom. The molecule has 0 fully saturated rings. The number of carbonyl (C=O) groups is 2. The van der Waals surface area contributed by atoms with Crippen LogP contribution in [-0.4, -0.2) is 39.6 Å². The number of para-hydroxylation sites is 1. The lowest BCUT2D eigenvalue weighted by Crippen LogP contribution is -2.31. The lowest BCUT2D eigenvalue weighted by atomic mass is 9.93. The highest BCUT2D eigenvalue weighted by Gasteiger charge is 2.23. The lowest BCUT2D eigenvalue weighted by molar-refractivity contribution is -0.118. The second-order valence-corrected chi connectivity index (χ2v) is 13.0. The van der Waals surface area contributed by atoms with Gasteiger partial charge in [-0.3, -0.25) is 19.1 Å². The molecule has 10 nitrogen and oxygen atoms in total. The van der Waals surface area contributed by atoms with E-state index < -0.39 is 11.6 Å². The summed E-state index contributed by atoms with van der Waals surface area (Å²) in [5, 5.41) is 9.54. The Hall–Kier alpha value is -5.51. The summed E-state index contributed by atoms with van der Waals surface area (Å²) in [6.45, 7) is 11.0. The number of anilines is 2. The number of benzene rings is 2. The van der Waals surface area contributed by atoms with E-state index in [1.165, 1.54) is 6.92 Å². The van der Waals surface area contributed by atoms with Crippen molar-refractivity contribution in [1.29, 1.82) is 0 Å². The number of fused-ring (bicyclic) bond motifs is 1. The van der Waals surface area contributed by atoms with Crippen LogP contribution in [0.2, 0.25) is 0 Å². The highest BCUT2D eigenvalue weighted by molar-refractivity contribution is 6.07. The smallest absolute Gasteiger partial charge is 0.323 e. The summed E-state index contributed by atoms with van der Waals surface area (Å²) in [5.41, 5.74) is 5.39. The number of hydrogen-bond acceptors (Lipinski definition) is 6. The van der Waals surface area contributed by atoms with E-state index in [1.54, 1.807) is 17.0 Å². The molecule has 0 atom stereocenters. The predicted octanol–water partition coefficient (Wildman–Crippen LogP) is 7.89. The van der Waals surface area contributed by atoms with Crippen LogP contribution in [0.4, 0.5) is 16.2 Å². The highest BCUT2D eigenvalue weighted by atomic mass is 16.5. The van der Waals surface area contributed by atoms with Crippen LogP contribution >= 0.6 is 0 Å². The SMILES string of the molecule is CC(=O)NCCCn1c(=O)c(NC(=O)Nc2c(C(C)C)cccc2C(C)C)c(-c2cccc(OCCCc3cccnc3)c2)c2cccnc21. The monoisotopic (exact) mass is 674 g/mol. The van der Waals surface area contributed by atoms with E-state index in [4.69, 9.17) is 4.74 Å². The second-order valence-electron chi connectivity index (χ2n) is 13.0. The minimum atomic E-state index is -0.519. The van der Waals surface area contributed by atoms with Crippen molar-refractivity contribution < 1.29 is 14.3 Å². The summed E-state index contributed by atoms with van der Waals surface area (Å²) in [4.78, 5) is 48.7. The Morgan fingerprint density at radius 2 is 1.58 bits per heavy atom. The first kappa shape index (κ1) is 35.8. The molecule has 0 bridgehead atoms. The average Bonchev–Trinajstić information content (AvgIpc) is 3.10. The van der Waals surface area contributed by atoms with Gasteiger partial charge in [0.2, 0.25) is 5.91 Å². The van der Waals surface area contributed by atoms with Crippen LogP contribution in [0.15, 0.2) is 90.1 Å². The maximum absolute atomic E-state index is 14.4. The van der Waals surface area contributed by atoms with Crippen LogP contribution < -0.4 is 26.2 Å². The van der Waals surface area contributed by atoms with Gasteiger partial charge in [-0.15, -0.1) is 0 Å². The van der Waals surface area contributed by atoms with Crippen molar-refractivity contribution in [3.8, 4) is 16.9 Å². The largest absolute Gasteiger partial charge is 0.494 e. The van der Waals surface area contributed by atoms with Gasteiger partial charge in [0.15, 0.2) is 0 Å². The Labute approximate surface area is 293 Å². The summed E-state index contributed by atoms with van der Waals surface area (Å²) in [7, 11) is 0. The molecule has 0 saturated heterocycles. The van der Waals surface area contributed by atoms with Crippen molar-refractivity contribution in [2.75, 3.05) is 23.8 Å². The topological polar surface area (TPSA) is 127 Å². The summed E-state index contributed by atoms with van der Waals surface area (Å²) < 4.78 is 7.72. The summed E-state index contributed by atoms with van der Waals surface area (Å²) >= 11 is 0. The molecule has 0 radical (unpaired) electrons. The number of nitrogens with zero attached hydrogens (tertiary/aromatic N) is 3. The fraction of sp³-hybridized carbons (Fsp3) is 0.325. The molecule has 3 aromatic heterocycles. The molecular formula is C40H46N6O4. The quantitative estimate of drug-likeness (QED) is 0.103. The van der Waals surface area contributed by atoms with Crippen molar-refractivity contribution in [2.24, 2.45) is 0 Å². The molecule has 3 heterocycles. The molecule has 5 rings (SSSR count). The molecule has 3 N–H and O–H groups in total. The van der Waals surface area contributed by atoms with E-state index in [0.29, 0.717) is 47.5 Å². The summed E-state index contributed by atoms with van der Waals surface area (Å²) in [5.74, 6) is 0.836. The first-order valence-electron chi connectivity index (χ1n) is 17.2. The van der Waals surface area contributed by atoms with E-state index >= 15 is 0 Å². The fourth-order valence-corrected chi connectivity index (χ4v) is 6.11. The zero-order chi connectivity index (χ0) is 35.6. The third kappa shape index (κ3) is 8.74. The summed E-state index contributed by atoms with van der Waals surface area (Å²) in [6, 6.07) is 20.8. The maximum Gasteiger partial charge on any atom is 0.323 e. The van der Waals surface area contributed by atoms with Gasteiger partial charge in [0.1, 0.15) is 17.1 Å². The predicted molar refractivity (Wildman–Crippen MR) is 200 cm³/mol. The van der Waals surface area contributed by atoms with Gasteiger partial charge >= 0.3 is 6.03 Å². The van der Waals surface area contributed by atoms with Crippen LogP contribution in [0.1, 0.15) is 76.0 Å². The number of aromatic nitrogens is 3. The van der Waals surface area contributed by atoms with Gasteiger partial charge < -0.3 is 20.7 Å². The maximum atomic E-state index is 14.4. The third-order valence-corrected chi connectivity index (χ3v) is 8.53. The van der Waals surface area contributed by atoms with Crippen LogP contribution in [0.25, 0.3) is 22.2 Å². The van der Waals surface area contributed by atoms with Crippen LogP contribution in [0.3, 0.4) is 0 Å². The van der Waals surface area contributed by atoms with Crippen molar-refractivity contribution in [3.63, 3.8) is 0 Å². The van der Waals surface area contributed by atoms with E-state index in [9.17, 15) is 14.4 Å². The number of nitrogens with one attached hydrogen (secondary N) is 3. The Kier molecular flexibility index (Phi) is 12.0. The Balaban J connectivity index is 1.54. The van der Waals surface area contributed by atoms with E-state index in [1.807, 2.05) is 72.9 Å². The normalized spacial score (nSPS) is 11.2. The molecule has 5 aromatic rings. The van der Waals surface area contributed by atoms with Crippen molar-refractivity contribution in [1.82, 2.24) is 19.9 Å². The minimum absolute atomic E-state index is 0.129. The molecule has 0 aliphatic heterocycles. The molecule has 50 heavy (non-hydrogen) atoms. The Morgan fingerprint density at radius 3 is 2.28 bits per heavy atom. The van der Waals surface area contributed by atoms with Gasteiger partial charge in [0.25, 0.3) is 5.56 Å². The molecule has 0 aliphatic rings. The van der Waals surface area contributed by atoms with Gasteiger partial charge in [0.05, 0.1) is 6.61 Å². The van der Waals surface area contributed by atoms with Crippen molar-refractivity contribution in [3.05, 3.63) is 112 Å². The molecule has 0 saturated carbocycles. The van der Waals surface area contributed by atoms with E-state index in [-0.39, 0.29) is 30.0 Å². The standard InChI is InChI=1S/C40H46N6O4/c1-26(2)32-16-7-17-33(27(3)4)36(32)44-40(49)45-37-35(30-14-6-15-31(24-30)50-23-10-13-29-12-8-19-41-25-29)34-18-9-20-43-38(34)46(39(37)48)22-11-21-42-28(5)47/h6-9,12,14-20,24-27H,10-11,13,21-23H2,1-5H3,(H,42,47)(H2,44,45,49). The molecule has 0 unspecified atom stereocenters. The zero-order valence-corrected chi connectivity index (χ0v) is 29.5. The van der Waals surface area contributed by atoms with Gasteiger partial charge in [-0.2, -0.15) is 0 Å². The summed E-state index contributed by atoms with van der Waals surface area (Å²) in [6.07, 6.45) is 7.41. The highest BCUT2D eigenvalue weighted by Crippen LogP contribution is 2.36. The Bertz CT molecular complexity index is 1980. The van der Waals surface area contributed by atoms with Crippen LogP contribution in [0.5, 0.6) is 5.75 Å². The molecule has 10 heteroatoms. The number of aryl methyl sites for hydroxylation is 2. The molecule has 3 amide bonds. The molecule has 260 valence electrons. The van der Waals surface area contributed by atoms with Crippen molar-refractivity contribution >= 4 is 34.3 Å². The van der Waals surface area contributed by atoms with Crippen LogP contribution in [0, 0.1) is 0 Å². The van der Waals surface area contributed by atoms with E-state index in [2.05, 4.69) is 53.6 Å². The van der Waals surface area contributed by atoms with Gasteiger partial charge in [-0.05, 0) is 83.7 Å². The number of pyridine rings is 3. The zero-order valence-electron chi connectivity index (χ0n) is 29.5. The van der Waals surface area contributed by atoms with E-state index in [0.717, 1.165) is 35.2 Å². The number of ether oxygens (including phenoxy) is 1. The van der Waals surface area contributed by atoms with Crippen LogP contribution in [-0.2, 0) is 17.8 Å². The molecular weight excluding hydrogens is 628 g/mol. The average molecular weight is 675 g/mol. The second kappa shape index (κ2) is 16.7. The van der Waals surface area contributed by atoms with Gasteiger partial charge in [-0.1, -0.05) is 64.1 Å². The number of rotatable bonds is 14. The van der Waals surface area contributed by atoms with Gasteiger partial charge in [0, 0.05) is 55.2 Å². The first-order chi connectivity index (χ1) is 24.1. The lowest BCUT2D eigenvalue weighted by Gasteiger charge is -2.22. The first-order valence-corrected chi connectivity index (χ1v) is 17.2. The number of urea groups is 1. The number of hydrogen-bond donors (Lipinski definition) is 3. The van der Waals surface area contributed by atoms with Gasteiger partial charge in [-0.25, -0.2) is 9.78 Å². The number of carbonyl (C=O) groups excluding carboxylic acids is 2. The third-order valence-electron chi connectivity index (χ3n) is 8.53. The number of amides is 3. The molecule has 0 spiro atoms.